The third-order valence-corrected chi connectivity index (χ3v) is 11.3. The van der Waals surface area contributed by atoms with Gasteiger partial charge in [0.05, 0.1) is 11.6 Å². The Morgan fingerprint density at radius 1 is 0.293 bits per heavy atom. The van der Waals surface area contributed by atoms with E-state index in [2.05, 4.69) is 115 Å². The SMILES string of the molecule is N#Cc1ccc(-c2cccc(-c3ccc4c5c(ccc(-c6cccc7c(-c8nc(-c9ccccc9)nc(-c9ccccc9)n8)cccc67)c35)-c3ccccc3-4)c2)cc1. The van der Waals surface area contributed by atoms with E-state index in [0.29, 0.717) is 23.0 Å². The van der Waals surface area contributed by atoms with Gasteiger partial charge in [0, 0.05) is 16.7 Å². The molecular weight excluding hydrogens is 705 g/mol. The van der Waals surface area contributed by atoms with Gasteiger partial charge in [0.1, 0.15) is 0 Å². The van der Waals surface area contributed by atoms with E-state index in [4.69, 9.17) is 15.0 Å². The van der Waals surface area contributed by atoms with Crippen LogP contribution in [0.1, 0.15) is 5.56 Å². The molecule has 0 spiro atoms. The molecule has 0 aliphatic heterocycles. The third kappa shape index (κ3) is 5.49. The van der Waals surface area contributed by atoms with Crippen LogP contribution in [-0.4, -0.2) is 15.0 Å². The number of rotatable bonds is 6. The minimum absolute atomic E-state index is 0.631. The average molecular weight is 737 g/mol. The second-order valence-corrected chi connectivity index (χ2v) is 14.6. The van der Waals surface area contributed by atoms with Crippen molar-refractivity contribution in [3.05, 3.63) is 200 Å². The highest BCUT2D eigenvalue weighted by Crippen LogP contribution is 2.52. The Balaban J connectivity index is 1.14. The van der Waals surface area contributed by atoms with Crippen molar-refractivity contribution in [1.29, 1.82) is 5.26 Å². The molecule has 4 heteroatoms. The van der Waals surface area contributed by atoms with E-state index < -0.39 is 0 Å². The number of nitrogens with zero attached hydrogens (tertiary/aromatic N) is 4. The number of nitriles is 1. The molecule has 58 heavy (non-hydrogen) atoms. The van der Waals surface area contributed by atoms with Gasteiger partial charge in [-0.2, -0.15) is 5.26 Å². The summed E-state index contributed by atoms with van der Waals surface area (Å²) in [7, 11) is 0. The van der Waals surface area contributed by atoms with E-state index in [-0.39, 0.29) is 0 Å². The molecule has 0 saturated carbocycles. The topological polar surface area (TPSA) is 62.5 Å². The minimum atomic E-state index is 0.631. The van der Waals surface area contributed by atoms with Gasteiger partial charge in [-0.3, -0.25) is 0 Å². The first-order valence-electron chi connectivity index (χ1n) is 19.4. The first kappa shape index (κ1) is 33.3. The first-order chi connectivity index (χ1) is 28.7. The van der Waals surface area contributed by atoms with E-state index >= 15 is 0 Å². The summed E-state index contributed by atoms with van der Waals surface area (Å²) in [6.07, 6.45) is 0. The van der Waals surface area contributed by atoms with Crippen LogP contribution in [0, 0.1) is 11.3 Å². The van der Waals surface area contributed by atoms with Gasteiger partial charge in [-0.1, -0.05) is 176 Å². The standard InChI is InChI=1S/C54H32N4/c55-33-34-24-26-35(27-25-34)38-16-9-17-39(32-38)40-28-29-47-42-18-7-8-19-43(42)48-31-30-46(50(40)51(47)48)44-21-10-22-45-41(44)20-11-23-49(45)54-57-52(36-12-3-1-4-13-36)56-53(58-54)37-14-5-2-6-15-37/h1-32H. The highest BCUT2D eigenvalue weighted by molar-refractivity contribution is 6.24. The van der Waals surface area contributed by atoms with Gasteiger partial charge in [-0.15, -0.1) is 0 Å². The van der Waals surface area contributed by atoms with Crippen molar-refractivity contribution in [3.63, 3.8) is 0 Å². The predicted molar refractivity (Wildman–Crippen MR) is 237 cm³/mol. The molecule has 268 valence electrons. The lowest BCUT2D eigenvalue weighted by atomic mass is 9.86. The fraction of sp³-hybridized carbons (Fsp3) is 0. The van der Waals surface area contributed by atoms with Gasteiger partial charge in [0.15, 0.2) is 17.5 Å². The maximum absolute atomic E-state index is 9.42. The van der Waals surface area contributed by atoms with E-state index in [1.54, 1.807) is 0 Å². The summed E-state index contributed by atoms with van der Waals surface area (Å²) < 4.78 is 0. The normalized spacial score (nSPS) is 11.4. The van der Waals surface area contributed by atoms with E-state index in [1.165, 1.54) is 44.2 Å². The molecular formula is C54H32N4. The van der Waals surface area contributed by atoms with Gasteiger partial charge in [-0.25, -0.2) is 15.0 Å². The highest BCUT2D eigenvalue weighted by Gasteiger charge is 2.26. The van der Waals surface area contributed by atoms with Crippen LogP contribution in [0.25, 0.3) is 111 Å². The molecule has 10 aromatic rings. The number of hydrogen-bond donors (Lipinski definition) is 0. The molecule has 1 aromatic heterocycles. The average Bonchev–Trinajstić information content (AvgIpc) is 3.63. The van der Waals surface area contributed by atoms with Crippen LogP contribution in [0.3, 0.4) is 0 Å². The lowest BCUT2D eigenvalue weighted by Gasteiger charge is -2.17. The second-order valence-electron chi connectivity index (χ2n) is 14.6. The Bertz CT molecular complexity index is 3190. The van der Waals surface area contributed by atoms with Crippen molar-refractivity contribution in [2.45, 2.75) is 0 Å². The van der Waals surface area contributed by atoms with Crippen LogP contribution in [-0.2, 0) is 0 Å². The van der Waals surface area contributed by atoms with Crippen LogP contribution in [0.2, 0.25) is 0 Å². The number of aromatic nitrogens is 3. The number of fused-ring (bicyclic) bond motifs is 4. The van der Waals surface area contributed by atoms with Gasteiger partial charge < -0.3 is 0 Å². The summed E-state index contributed by atoms with van der Waals surface area (Å²) in [5.41, 5.74) is 15.3. The summed E-state index contributed by atoms with van der Waals surface area (Å²) in [6.45, 7) is 0. The van der Waals surface area contributed by atoms with Crippen LogP contribution >= 0.6 is 0 Å². The predicted octanol–water partition coefficient (Wildman–Crippen LogP) is 13.7. The molecule has 9 aromatic carbocycles. The van der Waals surface area contributed by atoms with Crippen molar-refractivity contribution in [1.82, 2.24) is 15.0 Å². The molecule has 1 aliphatic carbocycles. The number of hydrogen-bond acceptors (Lipinski definition) is 4. The van der Waals surface area contributed by atoms with E-state index in [0.717, 1.165) is 49.7 Å². The molecule has 0 fully saturated rings. The Morgan fingerprint density at radius 2 is 0.741 bits per heavy atom. The number of benzene rings is 9. The molecule has 4 nitrogen and oxygen atoms in total. The van der Waals surface area contributed by atoms with Crippen LogP contribution in [0.15, 0.2) is 194 Å². The third-order valence-electron chi connectivity index (χ3n) is 11.3. The molecule has 0 N–H and O–H groups in total. The molecule has 0 unspecified atom stereocenters. The maximum Gasteiger partial charge on any atom is 0.164 e. The summed E-state index contributed by atoms with van der Waals surface area (Å²) in [4.78, 5) is 15.2. The zero-order valence-corrected chi connectivity index (χ0v) is 31.3. The summed E-state index contributed by atoms with van der Waals surface area (Å²) in [5, 5.41) is 14.1. The van der Waals surface area contributed by atoms with Crippen molar-refractivity contribution in [2.24, 2.45) is 0 Å². The van der Waals surface area contributed by atoms with Crippen molar-refractivity contribution in [2.75, 3.05) is 0 Å². The Morgan fingerprint density at radius 3 is 1.36 bits per heavy atom. The largest absolute Gasteiger partial charge is 0.208 e. The van der Waals surface area contributed by atoms with Gasteiger partial charge in [-0.05, 0) is 95.4 Å². The first-order valence-corrected chi connectivity index (χ1v) is 19.4. The van der Waals surface area contributed by atoms with E-state index in [9.17, 15) is 5.26 Å². The van der Waals surface area contributed by atoms with Gasteiger partial charge >= 0.3 is 0 Å². The summed E-state index contributed by atoms with van der Waals surface area (Å²) in [5.74, 6) is 1.90. The molecule has 0 amide bonds. The lowest BCUT2D eigenvalue weighted by Crippen LogP contribution is -2.00. The zero-order chi connectivity index (χ0) is 38.6. The Labute approximate surface area is 336 Å². The summed E-state index contributed by atoms with van der Waals surface area (Å²) >= 11 is 0. The molecule has 11 rings (SSSR count). The smallest absolute Gasteiger partial charge is 0.164 e. The molecule has 0 bridgehead atoms. The molecule has 1 heterocycles. The molecule has 1 aliphatic rings. The fourth-order valence-electron chi connectivity index (χ4n) is 8.63. The van der Waals surface area contributed by atoms with Gasteiger partial charge in [0.25, 0.3) is 0 Å². The zero-order valence-electron chi connectivity index (χ0n) is 31.3. The van der Waals surface area contributed by atoms with Gasteiger partial charge in [0.2, 0.25) is 0 Å². The van der Waals surface area contributed by atoms with Crippen molar-refractivity contribution in [3.8, 4) is 95.9 Å². The van der Waals surface area contributed by atoms with E-state index in [1.807, 2.05) is 84.9 Å². The second kappa shape index (κ2) is 13.6. The van der Waals surface area contributed by atoms with Crippen molar-refractivity contribution >= 4 is 21.5 Å². The van der Waals surface area contributed by atoms with Crippen LogP contribution < -0.4 is 0 Å². The Hall–Kier alpha value is -8.00. The quantitative estimate of drug-likeness (QED) is 0.170. The molecule has 0 saturated heterocycles. The molecule has 0 radical (unpaired) electrons. The monoisotopic (exact) mass is 736 g/mol. The van der Waals surface area contributed by atoms with Crippen LogP contribution in [0.4, 0.5) is 0 Å². The fourth-order valence-corrected chi connectivity index (χ4v) is 8.63. The lowest BCUT2D eigenvalue weighted by molar-refractivity contribution is 1.08. The van der Waals surface area contributed by atoms with Crippen LogP contribution in [0.5, 0.6) is 0 Å². The van der Waals surface area contributed by atoms with Crippen molar-refractivity contribution < 1.29 is 0 Å². The Kier molecular flexibility index (Phi) is 7.84. The highest BCUT2D eigenvalue weighted by atomic mass is 15.0. The summed E-state index contributed by atoms with van der Waals surface area (Å²) in [6, 6.07) is 70.0. The minimum Gasteiger partial charge on any atom is -0.208 e. The maximum atomic E-state index is 9.42. The molecule has 0 atom stereocenters.